The Morgan fingerprint density at radius 1 is 1.31 bits per heavy atom. The van der Waals surface area contributed by atoms with Crippen LogP contribution in [0.5, 0.6) is 0 Å². The molecule has 74 valence electrons. The molecule has 0 aromatic heterocycles. The molecule has 0 aromatic rings. The predicted octanol–water partition coefficient (Wildman–Crippen LogP) is -2.47. The molecule has 0 aromatic carbocycles. The summed E-state index contributed by atoms with van der Waals surface area (Å²) in [6, 6.07) is 0. The first kappa shape index (κ1) is 17.2. The van der Waals surface area contributed by atoms with Crippen LogP contribution in [-0.4, -0.2) is 0 Å². The monoisotopic (exact) mass is 570 g/mol. The van der Waals surface area contributed by atoms with Gasteiger partial charge >= 0.3 is 81.2 Å². The Balaban J connectivity index is 0. The second-order valence-electron chi connectivity index (χ2n) is 2.96. The molecule has 0 saturated heterocycles. The van der Waals surface area contributed by atoms with E-state index in [9.17, 15) is 0 Å². The van der Waals surface area contributed by atoms with Crippen LogP contribution in [0.1, 0.15) is 32.6 Å². The Bertz CT molecular complexity index is 164. The fourth-order valence-electron chi connectivity index (χ4n) is 1.20. The van der Waals surface area contributed by atoms with Crippen LogP contribution in [0.15, 0.2) is 21.6 Å². The SMILES string of the molecule is CCCC[CH2][Hf+2][C]1=CC=CC1.[I-].[I-]. The van der Waals surface area contributed by atoms with Gasteiger partial charge in [-0.2, -0.15) is 0 Å². The summed E-state index contributed by atoms with van der Waals surface area (Å²) in [6.07, 6.45) is 12.5. The normalized spacial score (nSPS) is 12.5. The van der Waals surface area contributed by atoms with Crippen LogP contribution in [0.2, 0.25) is 4.18 Å². The Kier molecular flexibility index (Phi) is 15.7. The van der Waals surface area contributed by atoms with Crippen LogP contribution >= 0.6 is 0 Å². The maximum Gasteiger partial charge on any atom is -1.00 e. The Hall–Kier alpha value is 1.81. The summed E-state index contributed by atoms with van der Waals surface area (Å²) < 4.78 is 3.41. The van der Waals surface area contributed by atoms with Gasteiger partial charge in [-0.15, -0.1) is 0 Å². The van der Waals surface area contributed by atoms with Crippen molar-refractivity contribution < 1.29 is 70.9 Å². The van der Waals surface area contributed by atoms with E-state index in [2.05, 4.69) is 25.2 Å². The van der Waals surface area contributed by atoms with Crippen molar-refractivity contribution >= 4 is 0 Å². The van der Waals surface area contributed by atoms with Crippen molar-refractivity contribution in [3.63, 3.8) is 0 Å². The van der Waals surface area contributed by atoms with Gasteiger partial charge in [0.05, 0.1) is 0 Å². The summed E-state index contributed by atoms with van der Waals surface area (Å²) in [5.74, 6) is 0. The van der Waals surface area contributed by atoms with E-state index in [1.165, 1.54) is 25.7 Å². The minimum absolute atomic E-state index is 0. The fourth-order valence-corrected chi connectivity index (χ4v) is 5.60. The van der Waals surface area contributed by atoms with Gasteiger partial charge < -0.3 is 48.0 Å². The minimum atomic E-state index is -0.298. The summed E-state index contributed by atoms with van der Waals surface area (Å²) in [5, 5.41) is 0. The standard InChI is InChI=1S/C5H5.C5H11.Hf.2HI/c1-2-4-5-3-1;1-3-5-4-2;;;/h1-3H,4H2;1,3-5H2,2H3;;2*1H/q;;+2;;/p-2. The first-order valence-electron chi connectivity index (χ1n) is 4.53. The predicted molar refractivity (Wildman–Crippen MR) is 46.2 cm³/mol. The van der Waals surface area contributed by atoms with E-state index in [1.807, 2.05) is 3.33 Å². The molecule has 0 amide bonds. The molecule has 13 heavy (non-hydrogen) atoms. The summed E-state index contributed by atoms with van der Waals surface area (Å²) in [4.78, 5) is 0. The third-order valence-electron chi connectivity index (χ3n) is 1.90. The third-order valence-corrected chi connectivity index (χ3v) is 7.04. The van der Waals surface area contributed by atoms with Gasteiger partial charge in [-0.1, -0.05) is 0 Å². The molecule has 0 fully saturated rings. The molecule has 1 aliphatic rings. The molecule has 0 aliphatic heterocycles. The van der Waals surface area contributed by atoms with E-state index in [-0.39, 0.29) is 70.9 Å². The van der Waals surface area contributed by atoms with Gasteiger partial charge in [-0.3, -0.25) is 0 Å². The molecular weight excluding hydrogens is 552 g/mol. The topological polar surface area (TPSA) is 0 Å². The number of hydrogen-bond acceptors (Lipinski definition) is 0. The van der Waals surface area contributed by atoms with E-state index in [0.29, 0.717) is 0 Å². The van der Waals surface area contributed by atoms with Gasteiger partial charge in [0, 0.05) is 0 Å². The van der Waals surface area contributed by atoms with Gasteiger partial charge in [0.15, 0.2) is 0 Å². The summed E-state index contributed by atoms with van der Waals surface area (Å²) in [6.45, 7) is 2.28. The maximum absolute atomic E-state index is 2.36. The van der Waals surface area contributed by atoms with E-state index in [1.54, 1.807) is 4.18 Å². The van der Waals surface area contributed by atoms with Crippen molar-refractivity contribution in [2.24, 2.45) is 0 Å². The zero-order chi connectivity index (χ0) is 7.94. The average molecular weight is 569 g/mol. The number of rotatable bonds is 5. The van der Waals surface area contributed by atoms with Crippen molar-refractivity contribution in [1.82, 2.24) is 0 Å². The smallest absolute Gasteiger partial charge is 1.00 e. The first-order chi connectivity index (χ1) is 5.43. The molecule has 0 unspecified atom stereocenters. The molecule has 0 radical (unpaired) electrons. The molecule has 1 aliphatic carbocycles. The maximum atomic E-state index is 2.36. The Labute approximate surface area is 127 Å². The van der Waals surface area contributed by atoms with Crippen LogP contribution < -0.4 is 48.0 Å². The van der Waals surface area contributed by atoms with Crippen molar-refractivity contribution in [3.8, 4) is 0 Å². The largest absolute Gasteiger partial charge is 1.00 e. The quantitative estimate of drug-likeness (QED) is 0.196. The second kappa shape index (κ2) is 11.9. The van der Waals surface area contributed by atoms with E-state index in [4.69, 9.17) is 0 Å². The first-order valence-corrected chi connectivity index (χ1v) is 8.86. The zero-order valence-electron chi connectivity index (χ0n) is 8.02. The fraction of sp³-hybridized carbons (Fsp3) is 0.600. The van der Waals surface area contributed by atoms with Gasteiger partial charge in [0.25, 0.3) is 0 Å². The molecule has 0 heterocycles. The average Bonchev–Trinajstić information content (AvgIpc) is 2.50. The third kappa shape index (κ3) is 8.78. The molecule has 1 rings (SSSR count). The second-order valence-corrected chi connectivity index (χ2v) is 8.33. The summed E-state index contributed by atoms with van der Waals surface area (Å²) in [7, 11) is 0. The molecule has 0 bridgehead atoms. The molecule has 0 saturated carbocycles. The number of hydrogen-bond donors (Lipinski definition) is 0. The molecular formula is C10H16HfI2. The minimum Gasteiger partial charge on any atom is -1.00 e. The van der Waals surface area contributed by atoms with E-state index < -0.39 is 0 Å². The van der Waals surface area contributed by atoms with Gasteiger partial charge in [-0.25, -0.2) is 0 Å². The summed E-state index contributed by atoms with van der Waals surface area (Å²) in [5.41, 5.74) is 0. The van der Waals surface area contributed by atoms with Crippen molar-refractivity contribution in [2.75, 3.05) is 0 Å². The Morgan fingerprint density at radius 2 is 2.08 bits per heavy atom. The Morgan fingerprint density at radius 3 is 2.62 bits per heavy atom. The molecule has 0 spiro atoms. The van der Waals surface area contributed by atoms with Crippen molar-refractivity contribution in [1.29, 1.82) is 0 Å². The van der Waals surface area contributed by atoms with Crippen molar-refractivity contribution in [3.05, 3.63) is 21.6 Å². The number of unbranched alkanes of at least 4 members (excludes halogenated alkanes) is 2. The molecule has 0 atom stereocenters. The zero-order valence-corrected chi connectivity index (χ0v) is 15.9. The van der Waals surface area contributed by atoms with Crippen LogP contribution in [-0.2, 0) is 22.9 Å². The molecule has 3 heteroatoms. The van der Waals surface area contributed by atoms with E-state index >= 15 is 0 Å². The van der Waals surface area contributed by atoms with E-state index in [0.717, 1.165) is 0 Å². The van der Waals surface area contributed by atoms with Crippen LogP contribution in [0.3, 0.4) is 0 Å². The molecule has 0 N–H and O–H groups in total. The van der Waals surface area contributed by atoms with Gasteiger partial charge in [0.1, 0.15) is 0 Å². The van der Waals surface area contributed by atoms with Crippen molar-refractivity contribution in [2.45, 2.75) is 36.8 Å². The van der Waals surface area contributed by atoms with Gasteiger partial charge in [-0.05, 0) is 0 Å². The summed E-state index contributed by atoms with van der Waals surface area (Å²) >= 11 is -0.298. The van der Waals surface area contributed by atoms with Crippen LogP contribution in [0.25, 0.3) is 0 Å². The van der Waals surface area contributed by atoms with Crippen LogP contribution in [0, 0.1) is 0 Å². The number of allylic oxidation sites excluding steroid dienone is 4. The van der Waals surface area contributed by atoms with Gasteiger partial charge in [0.2, 0.25) is 0 Å². The number of halogens is 2. The molecule has 0 nitrogen and oxygen atoms in total. The van der Waals surface area contributed by atoms with Crippen LogP contribution in [0.4, 0.5) is 0 Å².